The highest BCUT2D eigenvalue weighted by molar-refractivity contribution is 5.83. The molecule has 2 heterocycles. The van der Waals surface area contributed by atoms with E-state index in [0.29, 0.717) is 0 Å². The van der Waals surface area contributed by atoms with Crippen LogP contribution in [0.15, 0.2) is 42.7 Å². The molecule has 0 aliphatic carbocycles. The van der Waals surface area contributed by atoms with Crippen LogP contribution in [0.25, 0.3) is 34.7 Å². The molecule has 0 fully saturated rings. The Hall–Kier alpha value is -2.35. The van der Waals surface area contributed by atoms with E-state index >= 15 is 0 Å². The van der Waals surface area contributed by atoms with Crippen LogP contribution in [0.4, 0.5) is 0 Å². The van der Waals surface area contributed by atoms with Crippen molar-refractivity contribution in [2.45, 2.75) is 6.92 Å². The van der Waals surface area contributed by atoms with Gasteiger partial charge in [0.05, 0.1) is 5.52 Å². The van der Waals surface area contributed by atoms with Crippen molar-refractivity contribution < 1.29 is 0 Å². The van der Waals surface area contributed by atoms with E-state index < -0.39 is 0 Å². The summed E-state index contributed by atoms with van der Waals surface area (Å²) in [5, 5.41) is 3.25. The monoisotopic (exact) mass is 234 g/mol. The molecule has 2 heteroatoms. The van der Waals surface area contributed by atoms with E-state index in [-0.39, 0.29) is 0 Å². The maximum Gasteiger partial charge on any atom is 0.0702 e. The molecule has 88 valence electrons. The first kappa shape index (κ1) is 10.8. The van der Waals surface area contributed by atoms with Gasteiger partial charge in [0.2, 0.25) is 0 Å². The summed E-state index contributed by atoms with van der Waals surface area (Å²) in [7, 11) is 0. The van der Waals surface area contributed by atoms with E-state index in [0.717, 1.165) is 32.6 Å². The highest BCUT2D eigenvalue weighted by Crippen LogP contribution is 2.19. The molecule has 0 aliphatic rings. The minimum Gasteiger partial charge on any atom is -0.361 e. The van der Waals surface area contributed by atoms with Crippen molar-refractivity contribution in [3.05, 3.63) is 53.3 Å². The van der Waals surface area contributed by atoms with Crippen molar-refractivity contribution >= 4 is 23.6 Å². The fourth-order valence-corrected chi connectivity index (χ4v) is 2.26. The van der Waals surface area contributed by atoms with Gasteiger partial charge in [-0.2, -0.15) is 0 Å². The number of fused-ring (bicyclic) bond motifs is 1. The number of nitrogens with one attached hydrogen (secondary N) is 1. The SMILES string of the molecule is C=c1[nH]cc(-c2cnc3ccccc3c2)c1=CC. The molecule has 0 atom stereocenters. The first-order valence-corrected chi connectivity index (χ1v) is 5.97. The second-order valence-electron chi connectivity index (χ2n) is 4.30. The maximum absolute atomic E-state index is 4.49. The predicted octanol–water partition coefficient (Wildman–Crippen LogP) is 2.44. The van der Waals surface area contributed by atoms with Gasteiger partial charge in [0.15, 0.2) is 0 Å². The average Bonchev–Trinajstić information content (AvgIpc) is 2.79. The normalized spacial score (nSPS) is 12.2. The molecule has 2 aromatic heterocycles. The molecule has 3 rings (SSSR count). The number of aromatic amines is 1. The highest BCUT2D eigenvalue weighted by Gasteiger charge is 2.03. The standard InChI is InChI=1S/C16H14N2/c1-3-14-11(2)17-10-15(14)13-8-12-6-4-5-7-16(12)18-9-13/h3-10,17H,2H2,1H3. The summed E-state index contributed by atoms with van der Waals surface area (Å²) in [6, 6.07) is 10.3. The lowest BCUT2D eigenvalue weighted by molar-refractivity contribution is 1.32. The van der Waals surface area contributed by atoms with Gasteiger partial charge < -0.3 is 4.98 Å². The minimum atomic E-state index is 0.945. The summed E-state index contributed by atoms with van der Waals surface area (Å²) >= 11 is 0. The number of H-pyrrole nitrogens is 1. The molecule has 0 radical (unpaired) electrons. The van der Waals surface area contributed by atoms with E-state index in [2.05, 4.69) is 34.8 Å². The Morgan fingerprint density at radius 1 is 1.28 bits per heavy atom. The number of pyridine rings is 1. The van der Waals surface area contributed by atoms with Gasteiger partial charge in [0.1, 0.15) is 0 Å². The number of para-hydroxylation sites is 1. The molecule has 0 saturated carbocycles. The van der Waals surface area contributed by atoms with Gasteiger partial charge in [-0.3, -0.25) is 4.98 Å². The molecule has 0 bridgehead atoms. The number of nitrogens with zero attached hydrogens (tertiary/aromatic N) is 1. The van der Waals surface area contributed by atoms with Gasteiger partial charge in [-0.25, -0.2) is 0 Å². The van der Waals surface area contributed by atoms with E-state index in [1.54, 1.807) is 0 Å². The molecule has 18 heavy (non-hydrogen) atoms. The molecule has 1 N–H and O–H groups in total. The van der Waals surface area contributed by atoms with Crippen molar-refractivity contribution in [1.29, 1.82) is 0 Å². The van der Waals surface area contributed by atoms with Crippen LogP contribution in [0.3, 0.4) is 0 Å². The van der Waals surface area contributed by atoms with Crippen LogP contribution in [0, 0.1) is 0 Å². The van der Waals surface area contributed by atoms with Gasteiger partial charge in [-0.15, -0.1) is 0 Å². The molecular weight excluding hydrogens is 220 g/mol. The Morgan fingerprint density at radius 3 is 2.94 bits per heavy atom. The van der Waals surface area contributed by atoms with Gasteiger partial charge in [0, 0.05) is 39.5 Å². The summed E-state index contributed by atoms with van der Waals surface area (Å²) in [5.74, 6) is 0. The summed E-state index contributed by atoms with van der Waals surface area (Å²) in [6.45, 7) is 6.02. The molecule has 0 unspecified atom stereocenters. The lowest BCUT2D eigenvalue weighted by Crippen LogP contribution is -2.21. The predicted molar refractivity (Wildman–Crippen MR) is 76.4 cm³/mol. The van der Waals surface area contributed by atoms with Gasteiger partial charge in [0.25, 0.3) is 0 Å². The Morgan fingerprint density at radius 2 is 2.11 bits per heavy atom. The van der Waals surface area contributed by atoms with Crippen LogP contribution in [0.2, 0.25) is 0 Å². The van der Waals surface area contributed by atoms with Crippen LogP contribution in [0.1, 0.15) is 6.92 Å². The third-order valence-corrected chi connectivity index (χ3v) is 3.20. The smallest absolute Gasteiger partial charge is 0.0702 e. The summed E-state index contributed by atoms with van der Waals surface area (Å²) in [4.78, 5) is 7.66. The maximum atomic E-state index is 4.49. The van der Waals surface area contributed by atoms with Crippen molar-refractivity contribution in [1.82, 2.24) is 9.97 Å². The quantitative estimate of drug-likeness (QED) is 0.688. The number of aromatic nitrogens is 2. The fourth-order valence-electron chi connectivity index (χ4n) is 2.26. The second kappa shape index (κ2) is 4.15. The molecule has 2 nitrogen and oxygen atoms in total. The summed E-state index contributed by atoms with van der Waals surface area (Å²) in [5.41, 5.74) is 3.29. The number of hydrogen-bond acceptors (Lipinski definition) is 1. The lowest BCUT2D eigenvalue weighted by Gasteiger charge is -2.01. The van der Waals surface area contributed by atoms with Crippen molar-refractivity contribution in [3.63, 3.8) is 0 Å². The molecule has 1 aromatic carbocycles. The molecular formula is C16H14N2. The largest absolute Gasteiger partial charge is 0.361 e. The van der Waals surface area contributed by atoms with Gasteiger partial charge in [-0.1, -0.05) is 30.9 Å². The number of rotatable bonds is 1. The van der Waals surface area contributed by atoms with Gasteiger partial charge >= 0.3 is 0 Å². The van der Waals surface area contributed by atoms with Crippen LogP contribution in [0.5, 0.6) is 0 Å². The number of hydrogen-bond donors (Lipinski definition) is 1. The topological polar surface area (TPSA) is 28.7 Å². The zero-order valence-corrected chi connectivity index (χ0v) is 10.3. The lowest BCUT2D eigenvalue weighted by atomic mass is 10.1. The molecule has 0 amide bonds. The molecule has 0 aliphatic heterocycles. The zero-order valence-electron chi connectivity index (χ0n) is 10.3. The molecule has 0 saturated heterocycles. The van der Waals surface area contributed by atoms with E-state index in [1.165, 1.54) is 0 Å². The minimum absolute atomic E-state index is 0.945. The highest BCUT2D eigenvalue weighted by atomic mass is 14.7. The molecule has 3 aromatic rings. The Bertz CT molecular complexity index is 812. The Balaban J connectivity index is 2.29. The van der Waals surface area contributed by atoms with Gasteiger partial charge in [-0.05, 0) is 19.1 Å². The Kier molecular flexibility index (Phi) is 2.49. The Labute approximate surface area is 105 Å². The molecule has 0 spiro atoms. The van der Waals surface area contributed by atoms with Crippen molar-refractivity contribution in [2.75, 3.05) is 0 Å². The first-order valence-electron chi connectivity index (χ1n) is 5.97. The van der Waals surface area contributed by atoms with E-state index in [1.807, 2.05) is 37.5 Å². The van der Waals surface area contributed by atoms with Crippen molar-refractivity contribution in [3.8, 4) is 11.1 Å². The van der Waals surface area contributed by atoms with E-state index in [4.69, 9.17) is 0 Å². The summed E-state index contributed by atoms with van der Waals surface area (Å²) < 4.78 is 0. The van der Waals surface area contributed by atoms with Crippen LogP contribution >= 0.6 is 0 Å². The van der Waals surface area contributed by atoms with Crippen LogP contribution < -0.4 is 10.6 Å². The van der Waals surface area contributed by atoms with Crippen LogP contribution in [-0.2, 0) is 0 Å². The fraction of sp³-hybridized carbons (Fsp3) is 0.0625. The average molecular weight is 234 g/mol. The van der Waals surface area contributed by atoms with E-state index in [9.17, 15) is 0 Å². The van der Waals surface area contributed by atoms with Crippen LogP contribution in [-0.4, -0.2) is 9.97 Å². The third-order valence-electron chi connectivity index (χ3n) is 3.20. The summed E-state index contributed by atoms with van der Waals surface area (Å²) in [6.07, 6.45) is 5.98. The second-order valence-corrected chi connectivity index (χ2v) is 4.30. The van der Waals surface area contributed by atoms with Crippen molar-refractivity contribution in [2.24, 2.45) is 0 Å². The first-order chi connectivity index (χ1) is 8.79. The third kappa shape index (κ3) is 1.63. The number of benzene rings is 1. The zero-order chi connectivity index (χ0) is 12.5.